The highest BCUT2D eigenvalue weighted by Gasteiger charge is 2.26. The molecule has 5 rings (SSSR count). The van der Waals surface area contributed by atoms with Crippen LogP contribution >= 0.6 is 0 Å². The molecule has 174 valence electrons. The molecule has 0 atom stereocenters. The fourth-order valence-corrected chi connectivity index (χ4v) is 5.03. The third kappa shape index (κ3) is 3.81. The van der Waals surface area contributed by atoms with Gasteiger partial charge < -0.3 is 9.47 Å². The Morgan fingerprint density at radius 2 is 1.82 bits per heavy atom. The number of carbonyl (C=O) groups is 1. The number of hydrogen-bond acceptors (Lipinski definition) is 4. The average Bonchev–Trinajstić information content (AvgIpc) is 2.85. The van der Waals surface area contributed by atoms with E-state index in [1.54, 1.807) is 16.8 Å². The summed E-state index contributed by atoms with van der Waals surface area (Å²) in [5.74, 6) is 0.364. The molecule has 0 radical (unpaired) electrons. The van der Waals surface area contributed by atoms with Crippen LogP contribution in [0, 0.1) is 18.3 Å². The molecule has 0 aliphatic carbocycles. The lowest BCUT2D eigenvalue weighted by Gasteiger charge is -2.32. The van der Waals surface area contributed by atoms with Crippen molar-refractivity contribution in [3.63, 3.8) is 0 Å². The molecule has 1 N–H and O–H groups in total. The number of fused-ring (bicyclic) bond motifs is 2. The normalized spacial score (nSPS) is 14.7. The van der Waals surface area contributed by atoms with E-state index in [-0.39, 0.29) is 22.5 Å². The first kappa shape index (κ1) is 22.1. The smallest absolute Gasteiger partial charge is 0.267 e. The maximum Gasteiger partial charge on any atom is 0.267 e. The van der Waals surface area contributed by atoms with E-state index in [0.717, 1.165) is 24.8 Å². The van der Waals surface area contributed by atoms with E-state index in [4.69, 9.17) is 10.4 Å². The molecule has 1 aromatic carbocycles. The summed E-state index contributed by atoms with van der Waals surface area (Å²) in [6.07, 6.45) is 4.58. The Morgan fingerprint density at radius 1 is 1.09 bits per heavy atom. The highest BCUT2D eigenvalue weighted by Crippen LogP contribution is 2.23. The van der Waals surface area contributed by atoms with Gasteiger partial charge in [0.15, 0.2) is 0 Å². The van der Waals surface area contributed by atoms with Crippen LogP contribution in [0.5, 0.6) is 0 Å². The van der Waals surface area contributed by atoms with Crippen LogP contribution in [0.3, 0.4) is 0 Å². The maximum atomic E-state index is 13.5. The van der Waals surface area contributed by atoms with Gasteiger partial charge in [0.2, 0.25) is 0 Å². The van der Waals surface area contributed by atoms with E-state index in [1.807, 2.05) is 36.9 Å². The molecular weight excluding hydrogens is 426 g/mol. The van der Waals surface area contributed by atoms with Crippen LogP contribution in [-0.4, -0.2) is 37.8 Å². The second kappa shape index (κ2) is 8.89. The Hall–Kier alpha value is -3.74. The number of piperidine rings is 1. The van der Waals surface area contributed by atoms with Gasteiger partial charge in [-0.25, -0.2) is 4.98 Å². The van der Waals surface area contributed by atoms with Gasteiger partial charge in [-0.15, -0.1) is 0 Å². The summed E-state index contributed by atoms with van der Waals surface area (Å²) in [4.78, 5) is 33.3. The van der Waals surface area contributed by atoms with Crippen LogP contribution < -0.4 is 11.0 Å². The third-order valence-corrected chi connectivity index (χ3v) is 6.95. The van der Waals surface area contributed by atoms with Crippen molar-refractivity contribution in [3.8, 4) is 0 Å². The van der Waals surface area contributed by atoms with Crippen LogP contribution in [0.1, 0.15) is 41.3 Å². The van der Waals surface area contributed by atoms with Crippen molar-refractivity contribution >= 4 is 22.6 Å². The lowest BCUT2D eigenvalue weighted by molar-refractivity contribution is 0.0687. The van der Waals surface area contributed by atoms with Gasteiger partial charge in [0, 0.05) is 25.8 Å². The van der Waals surface area contributed by atoms with Crippen LogP contribution in [0.15, 0.2) is 59.5 Å². The number of nitrogens with zero attached hydrogens (tertiary/aromatic N) is 4. The van der Waals surface area contributed by atoms with Crippen molar-refractivity contribution in [1.82, 2.24) is 18.9 Å². The van der Waals surface area contributed by atoms with Crippen molar-refractivity contribution in [2.45, 2.75) is 39.7 Å². The fraction of sp³-hybridized carbons (Fsp3) is 0.333. The SMILES string of the molecule is CCn1c(=N)c(C(=O)N2CCC(Cc3ccccc3)CC2)cc2c(=O)n3cccc(C)c3nc21. The van der Waals surface area contributed by atoms with Crippen molar-refractivity contribution in [2.75, 3.05) is 13.1 Å². The van der Waals surface area contributed by atoms with Crippen LogP contribution in [0.4, 0.5) is 0 Å². The Balaban J connectivity index is 1.48. The summed E-state index contributed by atoms with van der Waals surface area (Å²) < 4.78 is 3.18. The molecule has 7 heteroatoms. The van der Waals surface area contributed by atoms with Crippen molar-refractivity contribution in [1.29, 1.82) is 5.41 Å². The van der Waals surface area contributed by atoms with Crippen molar-refractivity contribution in [2.24, 2.45) is 5.92 Å². The molecule has 0 unspecified atom stereocenters. The molecule has 1 aliphatic rings. The minimum absolute atomic E-state index is 0.108. The van der Waals surface area contributed by atoms with Crippen LogP contribution in [-0.2, 0) is 13.0 Å². The molecule has 1 fully saturated rings. The first-order chi connectivity index (χ1) is 16.5. The number of nitrogens with one attached hydrogen (secondary N) is 1. The molecule has 0 bridgehead atoms. The van der Waals surface area contributed by atoms with E-state index < -0.39 is 0 Å². The van der Waals surface area contributed by atoms with E-state index in [2.05, 4.69) is 24.3 Å². The Morgan fingerprint density at radius 3 is 2.53 bits per heavy atom. The molecule has 0 saturated carbocycles. The minimum atomic E-state index is -0.221. The Kier molecular flexibility index (Phi) is 5.77. The van der Waals surface area contributed by atoms with E-state index in [1.165, 1.54) is 9.96 Å². The average molecular weight is 456 g/mol. The predicted molar refractivity (Wildman–Crippen MR) is 132 cm³/mol. The summed E-state index contributed by atoms with van der Waals surface area (Å²) in [5, 5.41) is 9.13. The predicted octanol–water partition coefficient (Wildman–Crippen LogP) is 3.55. The molecule has 1 aliphatic heterocycles. The zero-order chi connectivity index (χ0) is 23.8. The molecule has 4 aromatic rings. The number of rotatable bonds is 4. The molecule has 34 heavy (non-hydrogen) atoms. The van der Waals surface area contributed by atoms with Gasteiger partial charge in [0.25, 0.3) is 11.5 Å². The molecule has 1 saturated heterocycles. The second-order valence-corrected chi connectivity index (χ2v) is 9.12. The third-order valence-electron chi connectivity index (χ3n) is 6.95. The molecular formula is C27H29N5O2. The van der Waals surface area contributed by atoms with E-state index >= 15 is 0 Å². The zero-order valence-corrected chi connectivity index (χ0v) is 19.6. The number of amides is 1. The highest BCUT2D eigenvalue weighted by molar-refractivity contribution is 5.97. The molecule has 4 heterocycles. The Bertz CT molecular complexity index is 1500. The zero-order valence-electron chi connectivity index (χ0n) is 19.6. The minimum Gasteiger partial charge on any atom is -0.339 e. The molecule has 1 amide bonds. The van der Waals surface area contributed by atoms with Crippen molar-refractivity contribution < 1.29 is 4.79 Å². The molecule has 3 aromatic heterocycles. The number of likely N-dealkylation sites (tertiary alicyclic amines) is 1. The number of aromatic nitrogens is 3. The Labute approximate surface area is 197 Å². The monoisotopic (exact) mass is 455 g/mol. The van der Waals surface area contributed by atoms with Gasteiger partial charge in [-0.05, 0) is 62.3 Å². The van der Waals surface area contributed by atoms with Crippen LogP contribution in [0.25, 0.3) is 16.7 Å². The number of carbonyl (C=O) groups excluding carboxylic acids is 1. The van der Waals surface area contributed by atoms with Gasteiger partial charge in [-0.2, -0.15) is 0 Å². The summed E-state index contributed by atoms with van der Waals surface area (Å²) in [6, 6.07) is 15.8. The summed E-state index contributed by atoms with van der Waals surface area (Å²) in [6.45, 7) is 5.58. The van der Waals surface area contributed by atoms with E-state index in [9.17, 15) is 9.59 Å². The first-order valence-corrected chi connectivity index (χ1v) is 11.9. The second-order valence-electron chi connectivity index (χ2n) is 9.12. The molecule has 7 nitrogen and oxygen atoms in total. The van der Waals surface area contributed by atoms with Gasteiger partial charge >= 0.3 is 0 Å². The summed E-state index contributed by atoms with van der Waals surface area (Å²) in [7, 11) is 0. The lowest BCUT2D eigenvalue weighted by atomic mass is 9.90. The number of hydrogen-bond donors (Lipinski definition) is 1. The van der Waals surface area contributed by atoms with Crippen LogP contribution in [0.2, 0.25) is 0 Å². The quantitative estimate of drug-likeness (QED) is 0.478. The number of aryl methyl sites for hydroxylation is 2. The topological polar surface area (TPSA) is 83.5 Å². The van der Waals surface area contributed by atoms with E-state index in [0.29, 0.717) is 42.2 Å². The van der Waals surface area contributed by atoms with Gasteiger partial charge in [0.1, 0.15) is 16.8 Å². The standard InChI is InChI=1S/C27H29N5O2/c1-3-31-23(28)21(17-22-25(31)29-24-18(2)8-7-13-32(24)27(22)34)26(33)30-14-11-20(12-15-30)16-19-9-5-4-6-10-19/h4-10,13,17,20,28H,3,11-12,14-16H2,1-2H3. The summed E-state index contributed by atoms with van der Waals surface area (Å²) in [5.41, 5.74) is 3.38. The first-order valence-electron chi connectivity index (χ1n) is 11.9. The van der Waals surface area contributed by atoms with Gasteiger partial charge in [0.05, 0.1) is 10.9 Å². The highest BCUT2D eigenvalue weighted by atomic mass is 16.2. The summed E-state index contributed by atoms with van der Waals surface area (Å²) >= 11 is 0. The van der Waals surface area contributed by atoms with Gasteiger partial charge in [-0.1, -0.05) is 36.4 Å². The number of benzene rings is 1. The fourth-order valence-electron chi connectivity index (χ4n) is 5.03. The van der Waals surface area contributed by atoms with Crippen molar-refractivity contribution in [3.05, 3.63) is 87.3 Å². The van der Waals surface area contributed by atoms with Gasteiger partial charge in [-0.3, -0.25) is 19.4 Å². The molecule has 0 spiro atoms. The maximum absolute atomic E-state index is 13.5. The number of pyridine rings is 2. The largest absolute Gasteiger partial charge is 0.339 e. The lowest BCUT2D eigenvalue weighted by Crippen LogP contribution is -2.42.